The second-order valence-corrected chi connectivity index (χ2v) is 5.76. The van der Waals surface area contributed by atoms with E-state index in [-0.39, 0.29) is 29.9 Å². The summed E-state index contributed by atoms with van der Waals surface area (Å²) in [5, 5.41) is 3.31. The maximum atomic E-state index is 11.4. The first-order chi connectivity index (χ1) is 12.1. The number of nitrogens with zero attached hydrogens (tertiary/aromatic N) is 3. The summed E-state index contributed by atoms with van der Waals surface area (Å²) in [6.07, 6.45) is 0. The van der Waals surface area contributed by atoms with Gasteiger partial charge in [0.2, 0.25) is 5.91 Å². The van der Waals surface area contributed by atoms with Crippen molar-refractivity contribution in [2.45, 2.75) is 13.8 Å². The summed E-state index contributed by atoms with van der Waals surface area (Å²) >= 11 is 0. The van der Waals surface area contributed by atoms with Crippen LogP contribution in [0, 0.1) is 0 Å². The number of piperazine rings is 1. The predicted molar refractivity (Wildman–Crippen MR) is 114 cm³/mol. The van der Waals surface area contributed by atoms with Gasteiger partial charge in [-0.2, -0.15) is 0 Å². The summed E-state index contributed by atoms with van der Waals surface area (Å²) in [6, 6.07) is 7.54. The molecule has 2 rings (SSSR count). The van der Waals surface area contributed by atoms with E-state index < -0.39 is 0 Å². The molecule has 0 aromatic heterocycles. The Balaban J connectivity index is 0.00000338. The van der Waals surface area contributed by atoms with E-state index in [0.717, 1.165) is 50.2 Å². The molecular formula is C18H29IN4O3. The van der Waals surface area contributed by atoms with Gasteiger partial charge in [0, 0.05) is 45.7 Å². The summed E-state index contributed by atoms with van der Waals surface area (Å²) in [7, 11) is 1.64. The van der Waals surface area contributed by atoms with Gasteiger partial charge in [0.1, 0.15) is 18.1 Å². The Morgan fingerprint density at radius 3 is 2.46 bits per heavy atom. The number of methoxy groups -OCH3 is 1. The normalized spacial score (nSPS) is 14.5. The van der Waals surface area contributed by atoms with Crippen LogP contribution in [-0.2, 0) is 4.79 Å². The van der Waals surface area contributed by atoms with E-state index in [4.69, 9.17) is 9.47 Å². The van der Waals surface area contributed by atoms with E-state index in [1.165, 1.54) is 0 Å². The van der Waals surface area contributed by atoms with E-state index >= 15 is 0 Å². The van der Waals surface area contributed by atoms with E-state index in [1.54, 1.807) is 14.0 Å². The molecule has 1 aliphatic rings. The number of amides is 1. The van der Waals surface area contributed by atoms with Crippen molar-refractivity contribution >= 4 is 35.8 Å². The molecule has 0 spiro atoms. The number of carbonyl (C=O) groups is 1. The van der Waals surface area contributed by atoms with Crippen LogP contribution in [0.25, 0.3) is 0 Å². The zero-order chi connectivity index (χ0) is 18.1. The largest absolute Gasteiger partial charge is 0.497 e. The topological polar surface area (TPSA) is 66.4 Å². The van der Waals surface area contributed by atoms with Crippen LogP contribution in [0.2, 0.25) is 0 Å². The average molecular weight is 476 g/mol. The Bertz CT molecular complexity index is 590. The standard InChI is InChI=1S/C18H28N4O3.HI/c1-4-19-18(22-11-9-21(10-12-22)15(2)23)20-8-13-25-17-7-5-6-16(14-17)24-3;/h5-7,14H,4,8-13H2,1-3H3,(H,19,20);1H. The summed E-state index contributed by atoms with van der Waals surface area (Å²) in [5.74, 6) is 2.56. The zero-order valence-electron chi connectivity index (χ0n) is 15.7. The molecule has 7 nitrogen and oxygen atoms in total. The molecule has 1 saturated heterocycles. The van der Waals surface area contributed by atoms with Crippen molar-refractivity contribution in [3.8, 4) is 11.5 Å². The molecule has 8 heteroatoms. The average Bonchev–Trinajstić information content (AvgIpc) is 2.64. The number of benzene rings is 1. The number of carbonyl (C=O) groups excluding carboxylic acids is 1. The molecule has 26 heavy (non-hydrogen) atoms. The number of hydrogen-bond acceptors (Lipinski definition) is 4. The molecule has 0 radical (unpaired) electrons. The third-order valence-electron chi connectivity index (χ3n) is 4.02. The van der Waals surface area contributed by atoms with Crippen molar-refractivity contribution in [1.82, 2.24) is 15.1 Å². The molecule has 1 heterocycles. The van der Waals surface area contributed by atoms with Gasteiger partial charge in [0.25, 0.3) is 0 Å². The van der Waals surface area contributed by atoms with Gasteiger partial charge in [-0.25, -0.2) is 4.99 Å². The van der Waals surface area contributed by atoms with Crippen LogP contribution in [0.3, 0.4) is 0 Å². The first-order valence-corrected chi connectivity index (χ1v) is 8.69. The van der Waals surface area contributed by atoms with Crippen LogP contribution in [0.15, 0.2) is 29.3 Å². The molecule has 1 N–H and O–H groups in total. The number of hydrogen-bond donors (Lipinski definition) is 1. The smallest absolute Gasteiger partial charge is 0.219 e. The number of nitrogens with one attached hydrogen (secondary N) is 1. The minimum absolute atomic E-state index is 0. The highest BCUT2D eigenvalue weighted by molar-refractivity contribution is 14.0. The van der Waals surface area contributed by atoms with Crippen molar-refractivity contribution in [3.05, 3.63) is 24.3 Å². The van der Waals surface area contributed by atoms with Crippen molar-refractivity contribution in [2.75, 3.05) is 53.0 Å². The lowest BCUT2D eigenvalue weighted by atomic mass is 10.3. The van der Waals surface area contributed by atoms with Gasteiger partial charge in [-0.1, -0.05) is 6.07 Å². The lowest BCUT2D eigenvalue weighted by molar-refractivity contribution is -0.130. The number of rotatable bonds is 6. The monoisotopic (exact) mass is 476 g/mol. The molecule has 0 bridgehead atoms. The number of ether oxygens (including phenoxy) is 2. The van der Waals surface area contributed by atoms with Crippen molar-refractivity contribution in [1.29, 1.82) is 0 Å². The maximum Gasteiger partial charge on any atom is 0.219 e. The van der Waals surface area contributed by atoms with Crippen molar-refractivity contribution < 1.29 is 14.3 Å². The third-order valence-corrected chi connectivity index (χ3v) is 4.02. The van der Waals surface area contributed by atoms with Gasteiger partial charge < -0.3 is 24.6 Å². The number of aliphatic imine (C=N–C) groups is 1. The van der Waals surface area contributed by atoms with Crippen LogP contribution >= 0.6 is 24.0 Å². The van der Waals surface area contributed by atoms with E-state index in [0.29, 0.717) is 13.2 Å². The molecule has 0 unspecified atom stereocenters. The van der Waals surface area contributed by atoms with E-state index in [9.17, 15) is 4.79 Å². The summed E-state index contributed by atoms with van der Waals surface area (Å²) < 4.78 is 10.9. The summed E-state index contributed by atoms with van der Waals surface area (Å²) in [4.78, 5) is 20.1. The van der Waals surface area contributed by atoms with Crippen molar-refractivity contribution in [3.63, 3.8) is 0 Å². The molecule has 1 aliphatic heterocycles. The lowest BCUT2D eigenvalue weighted by Crippen LogP contribution is -2.53. The SMILES string of the molecule is CCNC(=NCCOc1cccc(OC)c1)N1CCN(C(C)=O)CC1.I. The highest BCUT2D eigenvalue weighted by atomic mass is 127. The lowest BCUT2D eigenvalue weighted by Gasteiger charge is -2.36. The Labute approximate surface area is 172 Å². The van der Waals surface area contributed by atoms with Gasteiger partial charge in [-0.15, -0.1) is 24.0 Å². The number of halogens is 1. The maximum absolute atomic E-state index is 11.4. The van der Waals surface area contributed by atoms with Crippen LogP contribution in [0.1, 0.15) is 13.8 Å². The summed E-state index contributed by atoms with van der Waals surface area (Å²) in [6.45, 7) is 8.59. The fourth-order valence-electron chi connectivity index (χ4n) is 2.66. The minimum atomic E-state index is 0. The molecule has 1 aromatic carbocycles. The van der Waals surface area contributed by atoms with Gasteiger partial charge in [-0.05, 0) is 19.1 Å². The van der Waals surface area contributed by atoms with Gasteiger partial charge in [0.05, 0.1) is 13.7 Å². The first-order valence-electron chi connectivity index (χ1n) is 8.69. The molecule has 1 aromatic rings. The predicted octanol–water partition coefficient (Wildman–Crippen LogP) is 1.82. The Morgan fingerprint density at radius 1 is 1.19 bits per heavy atom. The Kier molecular flexibility index (Phi) is 10.2. The molecule has 0 aliphatic carbocycles. The molecule has 1 fully saturated rings. The quantitative estimate of drug-likeness (QED) is 0.294. The highest BCUT2D eigenvalue weighted by Crippen LogP contribution is 2.18. The van der Waals surface area contributed by atoms with E-state index in [1.807, 2.05) is 36.1 Å². The molecule has 0 saturated carbocycles. The zero-order valence-corrected chi connectivity index (χ0v) is 18.1. The minimum Gasteiger partial charge on any atom is -0.497 e. The van der Waals surface area contributed by atoms with Crippen LogP contribution < -0.4 is 14.8 Å². The summed E-state index contributed by atoms with van der Waals surface area (Å²) in [5.41, 5.74) is 0. The first kappa shape index (κ1) is 22.3. The molecule has 0 atom stereocenters. The fourth-order valence-corrected chi connectivity index (χ4v) is 2.66. The van der Waals surface area contributed by atoms with E-state index in [2.05, 4.69) is 15.2 Å². The van der Waals surface area contributed by atoms with Gasteiger partial charge in [0.15, 0.2) is 5.96 Å². The van der Waals surface area contributed by atoms with Crippen LogP contribution in [0.4, 0.5) is 0 Å². The third kappa shape index (κ3) is 6.89. The van der Waals surface area contributed by atoms with Crippen molar-refractivity contribution in [2.24, 2.45) is 4.99 Å². The molecular weight excluding hydrogens is 447 g/mol. The molecule has 146 valence electrons. The highest BCUT2D eigenvalue weighted by Gasteiger charge is 2.20. The molecule has 1 amide bonds. The van der Waals surface area contributed by atoms with Crippen LogP contribution in [-0.4, -0.2) is 74.7 Å². The Hall–Kier alpha value is -1.71. The van der Waals surface area contributed by atoms with Gasteiger partial charge in [-0.3, -0.25) is 4.79 Å². The fraction of sp³-hybridized carbons (Fsp3) is 0.556. The van der Waals surface area contributed by atoms with Crippen LogP contribution in [0.5, 0.6) is 11.5 Å². The second-order valence-electron chi connectivity index (χ2n) is 5.76. The number of guanidine groups is 1. The Morgan fingerprint density at radius 2 is 1.85 bits per heavy atom. The second kappa shape index (κ2) is 11.8. The van der Waals surface area contributed by atoms with Gasteiger partial charge >= 0.3 is 0 Å².